The number of aromatic nitrogens is 2. The lowest BCUT2D eigenvalue weighted by Crippen LogP contribution is -2.21. The van der Waals surface area contributed by atoms with E-state index in [9.17, 15) is 5.11 Å². The highest BCUT2D eigenvalue weighted by Gasteiger charge is 2.12. The SMILES string of the molecule is COc1cc(-c2ccc3nccc(Nc4ccc(NCCN(C)C)nc4)c3c2)cc(Cl)c1O. The van der Waals surface area contributed by atoms with Gasteiger partial charge in [0.25, 0.3) is 0 Å². The molecule has 0 aliphatic rings. The highest BCUT2D eigenvalue weighted by atomic mass is 35.5. The van der Waals surface area contributed by atoms with E-state index in [-0.39, 0.29) is 10.8 Å². The summed E-state index contributed by atoms with van der Waals surface area (Å²) in [4.78, 5) is 11.1. The molecule has 170 valence electrons. The molecule has 33 heavy (non-hydrogen) atoms. The molecule has 0 atom stereocenters. The molecule has 2 aromatic carbocycles. The van der Waals surface area contributed by atoms with Gasteiger partial charge in [-0.05, 0) is 67.7 Å². The monoisotopic (exact) mass is 463 g/mol. The van der Waals surface area contributed by atoms with Crippen LogP contribution in [0.5, 0.6) is 11.5 Å². The second-order valence-corrected chi connectivity index (χ2v) is 8.29. The van der Waals surface area contributed by atoms with E-state index < -0.39 is 0 Å². The molecule has 0 radical (unpaired) electrons. The summed E-state index contributed by atoms with van der Waals surface area (Å²) in [5, 5.41) is 18.0. The Balaban J connectivity index is 1.61. The quantitative estimate of drug-likeness (QED) is 0.323. The predicted molar refractivity (Wildman–Crippen MR) is 135 cm³/mol. The molecule has 3 N–H and O–H groups in total. The van der Waals surface area contributed by atoms with Crippen LogP contribution in [0.4, 0.5) is 17.2 Å². The lowest BCUT2D eigenvalue weighted by molar-refractivity contribution is 0.374. The second kappa shape index (κ2) is 9.94. The standard InChI is InChI=1S/C25H26ClN5O2/c1-31(2)11-10-28-24-7-5-18(15-29-24)30-22-8-9-27-21-6-4-16(12-19(21)22)17-13-20(26)25(32)23(14-17)33-3/h4-9,12-15,32H,10-11H2,1-3H3,(H,27,30)(H,28,29). The number of phenolic OH excluding ortho intramolecular Hbond substituents is 1. The zero-order valence-corrected chi connectivity index (χ0v) is 19.5. The number of aromatic hydroxyl groups is 1. The molecule has 4 aromatic rings. The molecule has 0 aliphatic heterocycles. The highest BCUT2D eigenvalue weighted by molar-refractivity contribution is 6.32. The predicted octanol–water partition coefficient (Wildman–Crippen LogP) is 5.38. The Morgan fingerprint density at radius 1 is 1.03 bits per heavy atom. The van der Waals surface area contributed by atoms with E-state index in [0.29, 0.717) is 5.75 Å². The van der Waals surface area contributed by atoms with Gasteiger partial charge in [-0.25, -0.2) is 4.98 Å². The maximum atomic E-state index is 10.1. The number of nitrogens with zero attached hydrogens (tertiary/aromatic N) is 3. The molecular weight excluding hydrogens is 438 g/mol. The Kier molecular flexibility index (Phi) is 6.82. The van der Waals surface area contributed by atoms with Crippen LogP contribution in [0.1, 0.15) is 0 Å². The van der Waals surface area contributed by atoms with Crippen LogP contribution in [0, 0.1) is 0 Å². The second-order valence-electron chi connectivity index (χ2n) is 7.89. The molecule has 2 aromatic heterocycles. The first-order valence-electron chi connectivity index (χ1n) is 10.5. The first kappa shape index (κ1) is 22.6. The molecule has 0 unspecified atom stereocenters. The molecule has 8 heteroatoms. The van der Waals surface area contributed by atoms with Crippen molar-refractivity contribution < 1.29 is 9.84 Å². The number of nitrogens with one attached hydrogen (secondary N) is 2. The Hall–Kier alpha value is -3.55. The van der Waals surface area contributed by atoms with Crippen molar-refractivity contribution in [3.05, 3.63) is 65.9 Å². The van der Waals surface area contributed by atoms with Crippen LogP contribution in [-0.2, 0) is 0 Å². The maximum absolute atomic E-state index is 10.1. The van der Waals surface area contributed by atoms with Crippen LogP contribution in [0.2, 0.25) is 5.02 Å². The van der Waals surface area contributed by atoms with Gasteiger partial charge in [0.1, 0.15) is 5.82 Å². The van der Waals surface area contributed by atoms with Crippen molar-refractivity contribution in [2.45, 2.75) is 0 Å². The summed E-state index contributed by atoms with van der Waals surface area (Å²) in [6, 6.07) is 15.3. The van der Waals surface area contributed by atoms with E-state index in [4.69, 9.17) is 16.3 Å². The fourth-order valence-electron chi connectivity index (χ4n) is 3.47. The molecule has 0 aliphatic carbocycles. The summed E-state index contributed by atoms with van der Waals surface area (Å²) >= 11 is 6.20. The zero-order chi connectivity index (χ0) is 23.4. The first-order chi connectivity index (χ1) is 15.9. The number of hydrogen-bond acceptors (Lipinski definition) is 7. The smallest absolute Gasteiger partial charge is 0.176 e. The fraction of sp³-hybridized carbons (Fsp3) is 0.200. The van der Waals surface area contributed by atoms with Gasteiger partial charge in [-0.1, -0.05) is 17.7 Å². The molecule has 0 spiro atoms. The molecule has 0 saturated carbocycles. The summed E-state index contributed by atoms with van der Waals surface area (Å²) in [5.41, 5.74) is 4.41. The lowest BCUT2D eigenvalue weighted by atomic mass is 10.0. The maximum Gasteiger partial charge on any atom is 0.176 e. The summed E-state index contributed by atoms with van der Waals surface area (Å²) < 4.78 is 5.25. The van der Waals surface area contributed by atoms with Crippen molar-refractivity contribution in [3.63, 3.8) is 0 Å². The summed E-state index contributed by atoms with van der Waals surface area (Å²) in [6.45, 7) is 1.77. The molecule has 2 heterocycles. The molecule has 7 nitrogen and oxygen atoms in total. The van der Waals surface area contributed by atoms with E-state index in [0.717, 1.165) is 52.3 Å². The zero-order valence-electron chi connectivity index (χ0n) is 18.8. The van der Waals surface area contributed by atoms with Crippen molar-refractivity contribution in [2.24, 2.45) is 0 Å². The molecular formula is C25H26ClN5O2. The molecule has 0 fully saturated rings. The van der Waals surface area contributed by atoms with E-state index in [1.54, 1.807) is 24.5 Å². The summed E-state index contributed by atoms with van der Waals surface area (Å²) in [7, 11) is 5.58. The number of benzene rings is 2. The Morgan fingerprint density at radius 2 is 1.88 bits per heavy atom. The van der Waals surface area contributed by atoms with E-state index in [1.165, 1.54) is 7.11 Å². The molecule has 0 saturated heterocycles. The Labute approximate surface area is 198 Å². The number of phenols is 1. The van der Waals surface area contributed by atoms with E-state index >= 15 is 0 Å². The minimum Gasteiger partial charge on any atom is -0.503 e. The van der Waals surface area contributed by atoms with E-state index in [2.05, 4.69) is 25.5 Å². The fourth-order valence-corrected chi connectivity index (χ4v) is 3.68. The van der Waals surface area contributed by atoms with Crippen molar-refractivity contribution in [1.82, 2.24) is 14.9 Å². The third-order valence-corrected chi connectivity index (χ3v) is 5.52. The van der Waals surface area contributed by atoms with Gasteiger partial charge in [0, 0.05) is 30.4 Å². The van der Waals surface area contributed by atoms with Gasteiger partial charge in [-0.2, -0.15) is 0 Å². The number of hydrogen-bond donors (Lipinski definition) is 3. The number of fused-ring (bicyclic) bond motifs is 1. The van der Waals surface area contributed by atoms with Gasteiger partial charge in [0.2, 0.25) is 0 Å². The molecule has 0 amide bonds. The normalized spacial score (nSPS) is 11.1. The number of rotatable bonds is 8. The lowest BCUT2D eigenvalue weighted by Gasteiger charge is -2.13. The van der Waals surface area contributed by atoms with Crippen molar-refractivity contribution >= 4 is 39.7 Å². The molecule has 0 bridgehead atoms. The van der Waals surface area contributed by atoms with Gasteiger partial charge in [-0.3, -0.25) is 4.98 Å². The van der Waals surface area contributed by atoms with Crippen LogP contribution >= 0.6 is 11.6 Å². The van der Waals surface area contributed by atoms with Gasteiger partial charge in [0.15, 0.2) is 11.5 Å². The Bertz CT molecular complexity index is 1260. The van der Waals surface area contributed by atoms with Crippen LogP contribution < -0.4 is 15.4 Å². The van der Waals surface area contributed by atoms with Gasteiger partial charge < -0.3 is 25.4 Å². The highest BCUT2D eigenvalue weighted by Crippen LogP contribution is 2.39. The van der Waals surface area contributed by atoms with Crippen LogP contribution in [-0.4, -0.2) is 54.3 Å². The number of methoxy groups -OCH3 is 1. The number of halogens is 1. The average Bonchev–Trinajstić information content (AvgIpc) is 2.81. The Morgan fingerprint density at radius 3 is 2.61 bits per heavy atom. The van der Waals surface area contributed by atoms with Crippen LogP contribution in [0.25, 0.3) is 22.0 Å². The minimum absolute atomic E-state index is 0.0696. The number of anilines is 3. The van der Waals surface area contributed by atoms with Gasteiger partial charge in [0.05, 0.1) is 29.5 Å². The van der Waals surface area contributed by atoms with Gasteiger partial charge in [-0.15, -0.1) is 0 Å². The van der Waals surface area contributed by atoms with Crippen LogP contribution in [0.15, 0.2) is 60.9 Å². The molecule has 4 rings (SSSR count). The first-order valence-corrected chi connectivity index (χ1v) is 10.9. The third-order valence-electron chi connectivity index (χ3n) is 5.23. The van der Waals surface area contributed by atoms with Crippen LogP contribution in [0.3, 0.4) is 0 Å². The summed E-state index contributed by atoms with van der Waals surface area (Å²) in [6.07, 6.45) is 3.58. The third kappa shape index (κ3) is 5.27. The summed E-state index contributed by atoms with van der Waals surface area (Å²) in [5.74, 6) is 1.09. The number of pyridine rings is 2. The van der Waals surface area contributed by atoms with Gasteiger partial charge >= 0.3 is 0 Å². The van der Waals surface area contributed by atoms with Crippen molar-refractivity contribution in [1.29, 1.82) is 0 Å². The number of likely N-dealkylation sites (N-methyl/N-ethyl adjacent to an activating group) is 1. The average molecular weight is 464 g/mol. The minimum atomic E-state index is -0.0696. The number of ether oxygens (including phenoxy) is 1. The van der Waals surface area contributed by atoms with Crippen molar-refractivity contribution in [3.8, 4) is 22.6 Å². The topological polar surface area (TPSA) is 82.5 Å². The largest absolute Gasteiger partial charge is 0.503 e. The van der Waals surface area contributed by atoms with E-state index in [1.807, 2.05) is 50.5 Å². The van der Waals surface area contributed by atoms with Crippen molar-refractivity contribution in [2.75, 3.05) is 44.9 Å².